The number of hydrogen-bond acceptors (Lipinski definition) is 5. The molecule has 0 fully saturated rings. The van der Waals surface area contributed by atoms with Crippen LogP contribution in [0.25, 0.3) is 0 Å². The van der Waals surface area contributed by atoms with E-state index in [1.807, 2.05) is 0 Å². The van der Waals surface area contributed by atoms with Gasteiger partial charge in [-0.3, -0.25) is 19.3 Å². The van der Waals surface area contributed by atoms with Gasteiger partial charge >= 0.3 is 6.18 Å². The molecule has 0 N–H and O–H groups in total. The summed E-state index contributed by atoms with van der Waals surface area (Å²) in [4.78, 5) is 34.1. The summed E-state index contributed by atoms with van der Waals surface area (Å²) in [7, 11) is 0. The van der Waals surface area contributed by atoms with Crippen LogP contribution in [0.2, 0.25) is 0 Å². The average molecular weight is 467 g/mol. The quantitative estimate of drug-likeness (QED) is 0.433. The van der Waals surface area contributed by atoms with Gasteiger partial charge in [-0.2, -0.15) is 36.2 Å². The summed E-state index contributed by atoms with van der Waals surface area (Å²) < 4.78 is 53.3. The van der Waals surface area contributed by atoms with Crippen LogP contribution < -0.4 is 4.90 Å². The van der Waals surface area contributed by atoms with Crippen molar-refractivity contribution in [3.63, 3.8) is 0 Å². The fourth-order valence-corrected chi connectivity index (χ4v) is 3.44. The number of carbonyl (C=O) groups is 2. The van der Waals surface area contributed by atoms with Gasteiger partial charge in [-0.15, -0.1) is 0 Å². The molecule has 12 heteroatoms. The molecule has 0 radical (unpaired) electrons. The van der Waals surface area contributed by atoms with Crippen LogP contribution in [0.15, 0.2) is 42.9 Å². The zero-order chi connectivity index (χ0) is 22.3. The maximum absolute atomic E-state index is 13.3. The molecule has 168 valence electrons. The number of halogens is 4. The highest BCUT2D eigenvalue weighted by atomic mass is 32.1. The number of anilines is 1. The lowest BCUT2D eigenvalue weighted by molar-refractivity contribution is -0.137. The number of carbonyl (C=O) groups excluding carboxylic acids is 2. The number of alkyl halides is 3. The van der Waals surface area contributed by atoms with Crippen LogP contribution in [-0.4, -0.2) is 38.0 Å². The average Bonchev–Trinajstić information content (AvgIpc) is 3.14. The standard InChI is InChI=1S/C20H15F4N5O2.H2S/c1-11-10-28(14-4-2-13(3-5-14)20(22,23)24)19(31)18-12(7-26-29(11)18)6-16(30)15-8-25-9-17(21)27-15;/h2-5,7-9,11H,6,10H2,1H3;1H2/t11-;/m0./s1. The van der Waals surface area contributed by atoms with Gasteiger partial charge in [0.25, 0.3) is 5.91 Å². The number of fused-ring (bicyclic) bond motifs is 1. The molecule has 1 aliphatic rings. The summed E-state index contributed by atoms with van der Waals surface area (Å²) in [6, 6.07) is 3.99. The molecule has 3 heterocycles. The summed E-state index contributed by atoms with van der Waals surface area (Å²) in [6.07, 6.45) is -1.37. The van der Waals surface area contributed by atoms with Crippen molar-refractivity contribution in [2.24, 2.45) is 0 Å². The van der Waals surface area contributed by atoms with Crippen molar-refractivity contribution in [1.82, 2.24) is 19.7 Å². The van der Waals surface area contributed by atoms with E-state index in [1.165, 1.54) is 27.9 Å². The fourth-order valence-electron chi connectivity index (χ4n) is 3.44. The summed E-state index contributed by atoms with van der Waals surface area (Å²) in [5, 5.41) is 4.19. The Labute approximate surface area is 186 Å². The van der Waals surface area contributed by atoms with Gasteiger partial charge in [0.2, 0.25) is 5.95 Å². The molecule has 32 heavy (non-hydrogen) atoms. The van der Waals surface area contributed by atoms with Crippen LogP contribution in [0, 0.1) is 5.95 Å². The van der Waals surface area contributed by atoms with Gasteiger partial charge in [-0.05, 0) is 31.2 Å². The Bertz CT molecular complexity index is 1160. The number of benzene rings is 1. The van der Waals surface area contributed by atoms with E-state index in [2.05, 4.69) is 15.1 Å². The van der Waals surface area contributed by atoms with Crippen molar-refractivity contribution in [3.8, 4) is 0 Å². The fraction of sp³-hybridized carbons (Fsp3) is 0.250. The van der Waals surface area contributed by atoms with Crippen molar-refractivity contribution in [2.75, 3.05) is 11.4 Å². The molecule has 0 unspecified atom stereocenters. The lowest BCUT2D eigenvalue weighted by atomic mass is 10.0. The third-order valence-corrected chi connectivity index (χ3v) is 4.93. The number of hydrogen-bond donors (Lipinski definition) is 0. The molecule has 7 nitrogen and oxygen atoms in total. The van der Waals surface area contributed by atoms with Crippen molar-refractivity contribution >= 4 is 30.9 Å². The van der Waals surface area contributed by atoms with E-state index in [0.717, 1.165) is 24.5 Å². The second kappa shape index (κ2) is 8.69. The van der Waals surface area contributed by atoms with Crippen LogP contribution >= 0.6 is 13.5 Å². The molecular weight excluding hydrogens is 450 g/mol. The minimum Gasteiger partial charge on any atom is -0.305 e. The Hall–Kier alpha value is -3.28. The molecule has 1 amide bonds. The van der Waals surface area contributed by atoms with E-state index in [1.54, 1.807) is 6.92 Å². The SMILES string of the molecule is C[C@H]1CN(c2ccc(C(F)(F)F)cc2)C(=O)c2c(CC(=O)c3cncc(F)n3)cnn21.S. The highest BCUT2D eigenvalue weighted by Gasteiger charge is 2.35. The topological polar surface area (TPSA) is 81.0 Å². The molecule has 1 atom stereocenters. The van der Waals surface area contributed by atoms with Crippen LogP contribution in [0.3, 0.4) is 0 Å². The van der Waals surface area contributed by atoms with Crippen LogP contribution in [0.5, 0.6) is 0 Å². The normalized spacial score (nSPS) is 15.8. The first kappa shape index (κ1) is 23.4. The molecular formula is C20H17F4N5O2S. The van der Waals surface area contributed by atoms with E-state index >= 15 is 0 Å². The summed E-state index contributed by atoms with van der Waals surface area (Å²) in [5.41, 5.74) is -0.247. The van der Waals surface area contributed by atoms with Gasteiger partial charge in [0.1, 0.15) is 11.4 Å². The van der Waals surface area contributed by atoms with Crippen molar-refractivity contribution < 1.29 is 27.2 Å². The summed E-state index contributed by atoms with van der Waals surface area (Å²) in [5.74, 6) is -1.94. The first-order valence-electron chi connectivity index (χ1n) is 9.21. The first-order chi connectivity index (χ1) is 14.6. The molecule has 1 aromatic carbocycles. The van der Waals surface area contributed by atoms with E-state index < -0.39 is 29.4 Å². The Morgan fingerprint density at radius 2 is 1.84 bits per heavy atom. The van der Waals surface area contributed by atoms with Crippen LogP contribution in [0.4, 0.5) is 23.2 Å². The number of Topliss-reactive ketones (excluding diaryl/α,β-unsaturated/α-hetero) is 1. The molecule has 1 aliphatic heterocycles. The molecule has 0 saturated carbocycles. The number of ketones is 1. The largest absolute Gasteiger partial charge is 0.416 e. The minimum absolute atomic E-state index is 0. The molecule has 2 aromatic heterocycles. The number of aromatic nitrogens is 4. The van der Waals surface area contributed by atoms with Gasteiger partial charge in [-0.25, -0.2) is 4.98 Å². The Balaban J connectivity index is 0.00000289. The maximum Gasteiger partial charge on any atom is 0.416 e. The predicted molar refractivity (Wildman–Crippen MR) is 110 cm³/mol. The second-order valence-corrected chi connectivity index (χ2v) is 7.10. The number of nitrogens with zero attached hydrogens (tertiary/aromatic N) is 5. The zero-order valence-corrected chi connectivity index (χ0v) is 17.6. The minimum atomic E-state index is -4.48. The van der Waals surface area contributed by atoms with Crippen LogP contribution in [0.1, 0.15) is 45.1 Å². The zero-order valence-electron chi connectivity index (χ0n) is 16.6. The van der Waals surface area contributed by atoms with Crippen molar-refractivity contribution in [3.05, 3.63) is 71.3 Å². The van der Waals surface area contributed by atoms with E-state index in [9.17, 15) is 27.2 Å². The lowest BCUT2D eigenvalue weighted by Crippen LogP contribution is -2.43. The second-order valence-electron chi connectivity index (χ2n) is 7.10. The predicted octanol–water partition coefficient (Wildman–Crippen LogP) is 3.59. The smallest absolute Gasteiger partial charge is 0.305 e. The molecule has 0 saturated heterocycles. The lowest BCUT2D eigenvalue weighted by Gasteiger charge is -2.32. The van der Waals surface area contributed by atoms with Gasteiger partial charge in [0.05, 0.1) is 30.2 Å². The molecule has 0 aliphatic carbocycles. The monoisotopic (exact) mass is 467 g/mol. The summed E-state index contributed by atoms with van der Waals surface area (Å²) >= 11 is 0. The van der Waals surface area contributed by atoms with Gasteiger partial charge in [0, 0.05) is 24.2 Å². The Kier molecular flexibility index (Phi) is 6.35. The van der Waals surface area contributed by atoms with Gasteiger partial charge in [0.15, 0.2) is 5.78 Å². The van der Waals surface area contributed by atoms with Gasteiger partial charge < -0.3 is 4.90 Å². The van der Waals surface area contributed by atoms with Crippen LogP contribution in [-0.2, 0) is 12.6 Å². The van der Waals surface area contributed by atoms with Gasteiger partial charge in [-0.1, -0.05) is 0 Å². The highest BCUT2D eigenvalue weighted by Crippen LogP contribution is 2.33. The first-order valence-corrected chi connectivity index (χ1v) is 9.21. The molecule has 3 aromatic rings. The Morgan fingerprint density at radius 3 is 2.47 bits per heavy atom. The van der Waals surface area contributed by atoms with E-state index in [-0.39, 0.29) is 43.9 Å². The molecule has 4 rings (SSSR count). The number of amides is 1. The maximum atomic E-state index is 13.3. The van der Waals surface area contributed by atoms with Crippen molar-refractivity contribution in [2.45, 2.75) is 25.6 Å². The third-order valence-electron chi connectivity index (χ3n) is 4.93. The van der Waals surface area contributed by atoms with Crippen molar-refractivity contribution in [1.29, 1.82) is 0 Å². The third kappa shape index (κ3) is 4.35. The van der Waals surface area contributed by atoms with E-state index in [0.29, 0.717) is 11.3 Å². The Morgan fingerprint density at radius 1 is 1.16 bits per heavy atom. The van der Waals surface area contributed by atoms with E-state index in [4.69, 9.17) is 0 Å². The number of rotatable bonds is 4. The molecule has 0 spiro atoms. The highest BCUT2D eigenvalue weighted by molar-refractivity contribution is 7.59. The summed E-state index contributed by atoms with van der Waals surface area (Å²) in [6.45, 7) is 1.99. The molecule has 0 bridgehead atoms.